The van der Waals surface area contributed by atoms with Crippen LogP contribution in [0, 0.1) is 11.7 Å². The molecule has 0 aliphatic carbocycles. The minimum absolute atomic E-state index is 0.0876. The van der Waals surface area contributed by atoms with Crippen molar-refractivity contribution in [3.8, 4) is 0 Å². The van der Waals surface area contributed by atoms with Crippen LogP contribution < -0.4 is 14.9 Å². The van der Waals surface area contributed by atoms with Gasteiger partial charge in [-0.15, -0.1) is 0 Å². The van der Waals surface area contributed by atoms with Crippen LogP contribution in [0.5, 0.6) is 0 Å². The van der Waals surface area contributed by atoms with E-state index in [0.717, 1.165) is 43.0 Å². The van der Waals surface area contributed by atoms with Crippen LogP contribution >= 0.6 is 0 Å². The first-order valence-electron chi connectivity index (χ1n) is 12.6. The van der Waals surface area contributed by atoms with Crippen molar-refractivity contribution in [1.82, 2.24) is 10.3 Å². The van der Waals surface area contributed by atoms with E-state index in [9.17, 15) is 17.6 Å². The average molecular weight is 519 g/mol. The number of piperidine rings is 1. The maximum absolute atomic E-state index is 14.5. The summed E-state index contributed by atoms with van der Waals surface area (Å²) in [5.74, 6) is -0.114. The van der Waals surface area contributed by atoms with E-state index in [-0.39, 0.29) is 22.8 Å². The minimum Gasteiger partial charge on any atom is -0.356 e. The first kappa shape index (κ1) is 27.9. The summed E-state index contributed by atoms with van der Waals surface area (Å²) in [5.41, 5.74) is 2.22. The molecule has 7 nitrogen and oxygen atoms in total. The van der Waals surface area contributed by atoms with Crippen LogP contribution in [0.1, 0.15) is 77.1 Å². The molecule has 1 atom stereocenters. The number of pyridine rings is 1. The number of anilines is 2. The number of aromatic nitrogens is 1. The Morgan fingerprint density at radius 2 is 1.86 bits per heavy atom. The molecule has 1 saturated heterocycles. The second-order valence-corrected chi connectivity index (χ2v) is 12.8. The van der Waals surface area contributed by atoms with Crippen molar-refractivity contribution in [3.05, 3.63) is 53.0 Å². The van der Waals surface area contributed by atoms with Crippen LogP contribution in [0.3, 0.4) is 0 Å². The number of benzene rings is 1. The third-order valence-electron chi connectivity index (χ3n) is 6.79. The second kappa shape index (κ2) is 11.2. The molecule has 1 amide bonds. The van der Waals surface area contributed by atoms with Gasteiger partial charge < -0.3 is 10.2 Å². The lowest BCUT2D eigenvalue weighted by Crippen LogP contribution is -2.36. The third-order valence-corrected chi connectivity index (χ3v) is 8.08. The summed E-state index contributed by atoms with van der Waals surface area (Å²) in [6.45, 7) is 14.1. The lowest BCUT2D eigenvalue weighted by molar-refractivity contribution is -0.122. The first-order valence-corrected chi connectivity index (χ1v) is 14.3. The van der Waals surface area contributed by atoms with Crippen molar-refractivity contribution in [3.63, 3.8) is 0 Å². The molecule has 2 heterocycles. The highest BCUT2D eigenvalue weighted by molar-refractivity contribution is 7.92. The SMILES string of the molecule is CCS(=O)(=O)Nc1ccc(C(C)C(=O)NCc2ccc(C(C)(C)C)nc2N2CCC(C)CC2)cc1F. The molecule has 1 unspecified atom stereocenters. The maximum Gasteiger partial charge on any atom is 0.232 e. The quantitative estimate of drug-likeness (QED) is 0.517. The van der Waals surface area contributed by atoms with Gasteiger partial charge in [0.1, 0.15) is 11.6 Å². The van der Waals surface area contributed by atoms with E-state index in [1.165, 1.54) is 19.1 Å². The summed E-state index contributed by atoms with van der Waals surface area (Å²) >= 11 is 0. The highest BCUT2D eigenvalue weighted by atomic mass is 32.2. The first-order chi connectivity index (χ1) is 16.8. The topological polar surface area (TPSA) is 91.4 Å². The Hall–Kier alpha value is -2.68. The predicted octanol–water partition coefficient (Wildman–Crippen LogP) is 4.94. The van der Waals surface area contributed by atoms with Crippen molar-refractivity contribution in [2.24, 2.45) is 5.92 Å². The fourth-order valence-corrected chi connectivity index (χ4v) is 4.78. The van der Waals surface area contributed by atoms with Gasteiger partial charge in [0.2, 0.25) is 15.9 Å². The Kier molecular flexibility index (Phi) is 8.64. The van der Waals surface area contributed by atoms with Crippen molar-refractivity contribution in [1.29, 1.82) is 0 Å². The highest BCUT2D eigenvalue weighted by Crippen LogP contribution is 2.29. The third kappa shape index (κ3) is 6.96. The van der Waals surface area contributed by atoms with Crippen molar-refractivity contribution in [2.45, 2.75) is 72.3 Å². The summed E-state index contributed by atoms with van der Waals surface area (Å²) in [6.07, 6.45) is 2.22. The zero-order chi connectivity index (χ0) is 26.7. The molecule has 36 heavy (non-hydrogen) atoms. The van der Waals surface area contributed by atoms with E-state index in [1.54, 1.807) is 13.0 Å². The average Bonchev–Trinajstić information content (AvgIpc) is 2.83. The Morgan fingerprint density at radius 1 is 1.19 bits per heavy atom. The number of sulfonamides is 1. The van der Waals surface area contributed by atoms with Gasteiger partial charge in [-0.25, -0.2) is 17.8 Å². The highest BCUT2D eigenvalue weighted by Gasteiger charge is 2.24. The minimum atomic E-state index is -3.59. The van der Waals surface area contributed by atoms with Gasteiger partial charge in [0.05, 0.1) is 17.4 Å². The van der Waals surface area contributed by atoms with Gasteiger partial charge in [-0.05, 0) is 56.4 Å². The number of carbonyl (C=O) groups excluding carboxylic acids is 1. The van der Waals surface area contributed by atoms with Gasteiger partial charge in [0.25, 0.3) is 0 Å². The number of hydrogen-bond donors (Lipinski definition) is 2. The van der Waals surface area contributed by atoms with E-state index in [1.807, 2.05) is 12.1 Å². The smallest absolute Gasteiger partial charge is 0.232 e. The Balaban J connectivity index is 1.75. The van der Waals surface area contributed by atoms with E-state index in [4.69, 9.17) is 4.98 Å². The molecule has 3 rings (SSSR count). The van der Waals surface area contributed by atoms with Crippen molar-refractivity contribution in [2.75, 3.05) is 28.5 Å². The molecular formula is C27H39FN4O3S. The van der Waals surface area contributed by atoms with Gasteiger partial charge >= 0.3 is 0 Å². The molecule has 198 valence electrons. The van der Waals surface area contributed by atoms with Crippen LogP contribution in [-0.2, 0) is 26.8 Å². The maximum atomic E-state index is 14.5. The second-order valence-electron chi connectivity index (χ2n) is 10.8. The predicted molar refractivity (Wildman–Crippen MR) is 143 cm³/mol. The molecule has 1 aromatic heterocycles. The summed E-state index contributed by atoms with van der Waals surface area (Å²) in [6, 6.07) is 8.19. The Labute approximate surface area is 214 Å². The van der Waals surface area contributed by atoms with Crippen LogP contribution in [0.25, 0.3) is 0 Å². The Bertz CT molecular complexity index is 1190. The summed E-state index contributed by atoms with van der Waals surface area (Å²) < 4.78 is 40.3. The van der Waals surface area contributed by atoms with E-state index >= 15 is 0 Å². The summed E-state index contributed by atoms with van der Waals surface area (Å²) in [7, 11) is -3.59. The van der Waals surface area contributed by atoms with Gasteiger partial charge in [0, 0.05) is 36.3 Å². The lowest BCUT2D eigenvalue weighted by Gasteiger charge is -2.33. The number of nitrogens with zero attached hydrogens (tertiary/aromatic N) is 2. The van der Waals surface area contributed by atoms with Gasteiger partial charge in [-0.2, -0.15) is 0 Å². The molecule has 0 saturated carbocycles. The normalized spacial score (nSPS) is 16.0. The molecule has 1 aromatic carbocycles. The van der Waals surface area contributed by atoms with Gasteiger partial charge in [0.15, 0.2) is 0 Å². The molecule has 1 fully saturated rings. The number of carbonyl (C=O) groups is 1. The number of nitrogens with one attached hydrogen (secondary N) is 2. The molecular weight excluding hydrogens is 479 g/mol. The monoisotopic (exact) mass is 518 g/mol. The molecule has 1 aliphatic rings. The van der Waals surface area contributed by atoms with E-state index in [0.29, 0.717) is 18.0 Å². The van der Waals surface area contributed by atoms with Gasteiger partial charge in [-0.1, -0.05) is 39.8 Å². The van der Waals surface area contributed by atoms with Crippen LogP contribution in [0.2, 0.25) is 0 Å². The molecule has 2 aromatic rings. The van der Waals surface area contributed by atoms with Crippen LogP contribution in [0.4, 0.5) is 15.9 Å². The number of rotatable bonds is 8. The largest absolute Gasteiger partial charge is 0.356 e. The lowest BCUT2D eigenvalue weighted by atomic mass is 9.91. The van der Waals surface area contributed by atoms with Gasteiger partial charge in [-0.3, -0.25) is 9.52 Å². The van der Waals surface area contributed by atoms with Crippen molar-refractivity contribution < 1.29 is 17.6 Å². The molecule has 0 radical (unpaired) electrons. The van der Waals surface area contributed by atoms with E-state index in [2.05, 4.69) is 42.6 Å². The summed E-state index contributed by atoms with van der Waals surface area (Å²) in [5, 5.41) is 2.99. The molecule has 9 heteroatoms. The zero-order valence-electron chi connectivity index (χ0n) is 22.2. The fourth-order valence-electron chi connectivity index (χ4n) is 4.14. The molecule has 0 bridgehead atoms. The Morgan fingerprint density at radius 3 is 2.44 bits per heavy atom. The number of halogens is 1. The zero-order valence-corrected chi connectivity index (χ0v) is 23.0. The molecule has 0 spiro atoms. The number of hydrogen-bond acceptors (Lipinski definition) is 5. The number of amides is 1. The fraction of sp³-hybridized carbons (Fsp3) is 0.556. The van der Waals surface area contributed by atoms with Crippen molar-refractivity contribution >= 4 is 27.4 Å². The van der Waals surface area contributed by atoms with Crippen LogP contribution in [-0.4, -0.2) is 38.2 Å². The standard InChI is InChI=1S/C27H39FN4O3S/c1-7-36(34,35)31-23-10-8-20(16-22(23)28)19(3)26(33)29-17-21-9-11-24(27(4,5)6)30-25(21)32-14-12-18(2)13-15-32/h8-11,16,18-19,31H,7,12-15,17H2,1-6H3,(H,29,33). The van der Waals surface area contributed by atoms with E-state index < -0.39 is 21.8 Å². The molecule has 1 aliphatic heterocycles. The van der Waals surface area contributed by atoms with Crippen LogP contribution in [0.15, 0.2) is 30.3 Å². The summed E-state index contributed by atoms with van der Waals surface area (Å²) in [4.78, 5) is 20.3. The molecule has 2 N–H and O–H groups in total.